The second kappa shape index (κ2) is 10.2. The van der Waals surface area contributed by atoms with Gasteiger partial charge in [-0.05, 0) is 53.6 Å². The summed E-state index contributed by atoms with van der Waals surface area (Å²) in [6, 6.07) is 50.6. The summed E-state index contributed by atoms with van der Waals surface area (Å²) >= 11 is 1.59. The topological polar surface area (TPSA) is 61.4 Å². The predicted octanol–water partition coefficient (Wildman–Crippen LogP) is 10.0. The zero-order chi connectivity index (χ0) is 30.9. The third kappa shape index (κ3) is 4.03. The zero-order valence-corrected chi connectivity index (χ0v) is 25.8. The number of para-hydroxylation sites is 4. The van der Waals surface area contributed by atoms with Gasteiger partial charge in [0.15, 0.2) is 10.8 Å². The Balaban J connectivity index is 1.29. The highest BCUT2D eigenvalue weighted by atomic mass is 32.1. The molecule has 4 aromatic heterocycles. The molecule has 0 spiro atoms. The fourth-order valence-corrected chi connectivity index (χ4v) is 7.65. The highest BCUT2D eigenvalue weighted by Crippen LogP contribution is 2.37. The van der Waals surface area contributed by atoms with Gasteiger partial charge in [-0.2, -0.15) is 15.0 Å². The summed E-state index contributed by atoms with van der Waals surface area (Å²) in [4.78, 5) is 20.5. The summed E-state index contributed by atoms with van der Waals surface area (Å²) in [5.74, 6) is 1.64. The van der Waals surface area contributed by atoms with Gasteiger partial charge in [0.2, 0.25) is 11.9 Å². The molecule has 0 aliphatic heterocycles. The SMILES string of the molecule is c1ccc(-c2ccc3c(c2)c2ccccc2n3-c2nc(-c3nc4ccccc4s3)nc(-n3c4ccccc4c4ccccc43)n2)cc1. The Morgan fingerprint density at radius 3 is 1.57 bits per heavy atom. The molecule has 4 heterocycles. The van der Waals surface area contributed by atoms with Crippen LogP contribution in [0.15, 0.2) is 146 Å². The van der Waals surface area contributed by atoms with E-state index in [1.54, 1.807) is 11.3 Å². The van der Waals surface area contributed by atoms with Gasteiger partial charge in [0.05, 0.1) is 32.3 Å². The number of fused-ring (bicyclic) bond motifs is 7. The lowest BCUT2D eigenvalue weighted by atomic mass is 10.0. The normalized spacial score (nSPS) is 11.8. The van der Waals surface area contributed by atoms with Gasteiger partial charge in [-0.25, -0.2) is 4.98 Å². The van der Waals surface area contributed by atoms with E-state index in [4.69, 9.17) is 19.9 Å². The second-order valence-corrected chi connectivity index (χ2v) is 12.6. The van der Waals surface area contributed by atoms with Crippen molar-refractivity contribution < 1.29 is 0 Å². The zero-order valence-electron chi connectivity index (χ0n) is 24.9. The van der Waals surface area contributed by atoms with Crippen LogP contribution in [0.1, 0.15) is 0 Å². The first-order valence-corrected chi connectivity index (χ1v) is 16.3. The van der Waals surface area contributed by atoms with Crippen molar-refractivity contribution in [2.75, 3.05) is 0 Å². The van der Waals surface area contributed by atoms with Crippen LogP contribution in [0.3, 0.4) is 0 Å². The van der Waals surface area contributed by atoms with Crippen LogP contribution in [0, 0.1) is 0 Å². The Labute approximate surface area is 272 Å². The third-order valence-electron chi connectivity index (χ3n) is 8.86. The standard InChI is InChI=1S/C40H24N6S/c1-2-12-25(13-3-1)26-22-23-35-30(24-26)29-16-6-10-20-34(29)46(35)40-43-37(38-41-31-17-7-11-21-36(31)47-38)42-39(44-40)45-32-18-8-4-14-27(32)28-15-5-9-19-33(28)45/h1-24H. The first-order valence-electron chi connectivity index (χ1n) is 15.5. The summed E-state index contributed by atoms with van der Waals surface area (Å²) < 4.78 is 5.40. The third-order valence-corrected chi connectivity index (χ3v) is 9.89. The maximum atomic E-state index is 5.26. The fraction of sp³-hybridized carbons (Fsp3) is 0. The Bertz CT molecular complexity index is 2720. The molecule has 0 saturated carbocycles. The number of thiazole rings is 1. The quantitative estimate of drug-likeness (QED) is 0.196. The van der Waals surface area contributed by atoms with Gasteiger partial charge in [-0.15, -0.1) is 11.3 Å². The van der Waals surface area contributed by atoms with Crippen LogP contribution in [0.25, 0.3) is 87.7 Å². The molecular formula is C40H24N6S. The van der Waals surface area contributed by atoms with Gasteiger partial charge in [0, 0.05) is 21.5 Å². The average Bonchev–Trinajstić information content (AvgIpc) is 3.82. The molecule has 0 aliphatic rings. The summed E-state index contributed by atoms with van der Waals surface area (Å²) in [6.07, 6.45) is 0. The van der Waals surface area contributed by atoms with E-state index in [1.165, 1.54) is 5.56 Å². The Kier molecular flexibility index (Phi) is 5.64. The van der Waals surface area contributed by atoms with E-state index in [0.717, 1.165) is 64.4 Å². The van der Waals surface area contributed by atoms with E-state index in [2.05, 4.69) is 130 Å². The number of hydrogen-bond acceptors (Lipinski definition) is 5. The molecule has 0 atom stereocenters. The van der Waals surface area contributed by atoms with Crippen LogP contribution in [-0.2, 0) is 0 Å². The molecule has 47 heavy (non-hydrogen) atoms. The van der Waals surface area contributed by atoms with Crippen LogP contribution in [0.5, 0.6) is 0 Å². The summed E-state index contributed by atoms with van der Waals surface area (Å²) in [5.41, 5.74) is 7.41. The monoisotopic (exact) mass is 620 g/mol. The molecule has 220 valence electrons. The average molecular weight is 621 g/mol. The number of hydrogen-bond donors (Lipinski definition) is 0. The molecule has 0 saturated heterocycles. The first kappa shape index (κ1) is 26.1. The maximum absolute atomic E-state index is 5.26. The van der Waals surface area contributed by atoms with Crippen molar-refractivity contribution in [2.45, 2.75) is 0 Å². The number of benzene rings is 6. The van der Waals surface area contributed by atoms with Gasteiger partial charge in [-0.1, -0.05) is 103 Å². The molecule has 0 radical (unpaired) electrons. The summed E-state index contributed by atoms with van der Waals surface area (Å²) in [7, 11) is 0. The summed E-state index contributed by atoms with van der Waals surface area (Å²) in [6.45, 7) is 0. The number of aromatic nitrogens is 6. The van der Waals surface area contributed by atoms with Crippen LogP contribution >= 0.6 is 11.3 Å². The Morgan fingerprint density at radius 1 is 0.404 bits per heavy atom. The van der Waals surface area contributed by atoms with E-state index in [-0.39, 0.29) is 0 Å². The van der Waals surface area contributed by atoms with Crippen molar-refractivity contribution in [3.8, 4) is 33.9 Å². The molecule has 6 nitrogen and oxygen atoms in total. The van der Waals surface area contributed by atoms with Crippen molar-refractivity contribution in [1.82, 2.24) is 29.1 Å². The maximum Gasteiger partial charge on any atom is 0.240 e. The van der Waals surface area contributed by atoms with Gasteiger partial charge in [0.25, 0.3) is 0 Å². The molecule has 0 unspecified atom stereocenters. The number of nitrogens with zero attached hydrogens (tertiary/aromatic N) is 6. The molecule has 7 heteroatoms. The largest absolute Gasteiger partial charge is 0.278 e. The Morgan fingerprint density at radius 2 is 0.936 bits per heavy atom. The van der Waals surface area contributed by atoms with E-state index < -0.39 is 0 Å². The molecule has 10 aromatic rings. The van der Waals surface area contributed by atoms with Crippen LogP contribution in [0.4, 0.5) is 0 Å². The second-order valence-electron chi connectivity index (χ2n) is 11.6. The molecule has 0 N–H and O–H groups in total. The van der Waals surface area contributed by atoms with Gasteiger partial charge < -0.3 is 0 Å². The van der Waals surface area contributed by atoms with Crippen molar-refractivity contribution in [2.24, 2.45) is 0 Å². The van der Waals surface area contributed by atoms with Crippen molar-refractivity contribution in [3.05, 3.63) is 146 Å². The summed E-state index contributed by atoms with van der Waals surface area (Å²) in [5, 5.41) is 5.33. The van der Waals surface area contributed by atoms with E-state index in [9.17, 15) is 0 Å². The molecule has 0 bridgehead atoms. The molecule has 0 amide bonds. The van der Waals surface area contributed by atoms with Crippen LogP contribution in [0.2, 0.25) is 0 Å². The molecular weight excluding hydrogens is 597 g/mol. The van der Waals surface area contributed by atoms with E-state index >= 15 is 0 Å². The lowest BCUT2D eigenvalue weighted by Crippen LogP contribution is -2.10. The van der Waals surface area contributed by atoms with Gasteiger partial charge in [0.1, 0.15) is 0 Å². The van der Waals surface area contributed by atoms with E-state index in [1.807, 2.05) is 24.3 Å². The number of rotatable bonds is 4. The minimum atomic E-state index is 0.542. The smallest absolute Gasteiger partial charge is 0.240 e. The highest BCUT2D eigenvalue weighted by molar-refractivity contribution is 7.21. The minimum Gasteiger partial charge on any atom is -0.278 e. The lowest BCUT2D eigenvalue weighted by Gasteiger charge is -2.12. The first-order chi connectivity index (χ1) is 23.3. The highest BCUT2D eigenvalue weighted by Gasteiger charge is 2.21. The lowest BCUT2D eigenvalue weighted by molar-refractivity contribution is 0.892. The molecule has 0 fully saturated rings. The predicted molar refractivity (Wildman–Crippen MR) is 193 cm³/mol. The van der Waals surface area contributed by atoms with Crippen molar-refractivity contribution in [1.29, 1.82) is 0 Å². The Hall–Kier alpha value is -6.18. The van der Waals surface area contributed by atoms with E-state index in [0.29, 0.717) is 17.7 Å². The van der Waals surface area contributed by atoms with Gasteiger partial charge in [-0.3, -0.25) is 9.13 Å². The van der Waals surface area contributed by atoms with Crippen molar-refractivity contribution in [3.63, 3.8) is 0 Å². The fourth-order valence-electron chi connectivity index (χ4n) is 6.75. The minimum absolute atomic E-state index is 0.542. The molecule has 10 rings (SSSR count). The van der Waals surface area contributed by atoms with Crippen molar-refractivity contribution >= 4 is 65.2 Å². The van der Waals surface area contributed by atoms with Gasteiger partial charge >= 0.3 is 0 Å². The van der Waals surface area contributed by atoms with Crippen LogP contribution < -0.4 is 0 Å². The van der Waals surface area contributed by atoms with Crippen LogP contribution in [-0.4, -0.2) is 29.1 Å². The molecule has 0 aliphatic carbocycles. The molecule has 6 aromatic carbocycles.